The molecule has 0 fully saturated rings. The summed E-state index contributed by atoms with van der Waals surface area (Å²) in [6, 6.07) is 9.05. The first-order chi connectivity index (χ1) is 7.81. The number of nitrogens with one attached hydrogen (secondary N) is 1. The van der Waals surface area contributed by atoms with Crippen molar-refractivity contribution >= 4 is 5.69 Å². The maximum absolute atomic E-state index is 4.20. The molecule has 16 heavy (non-hydrogen) atoms. The van der Waals surface area contributed by atoms with Gasteiger partial charge in [0, 0.05) is 25.0 Å². The van der Waals surface area contributed by atoms with Crippen molar-refractivity contribution in [3.8, 4) is 0 Å². The Morgan fingerprint density at radius 3 is 3.06 bits per heavy atom. The molecule has 3 heteroatoms. The van der Waals surface area contributed by atoms with E-state index in [1.807, 2.05) is 17.9 Å². The first-order valence-corrected chi connectivity index (χ1v) is 5.63. The van der Waals surface area contributed by atoms with Crippen molar-refractivity contribution in [2.75, 3.05) is 5.32 Å². The number of aromatic nitrogens is 2. The quantitative estimate of drug-likeness (QED) is 0.827. The number of fused-ring (bicyclic) bond motifs is 1. The normalized spacial score (nSPS) is 18.2. The average Bonchev–Trinajstić information content (AvgIpc) is 2.84. The SMILES string of the molecule is Cn1cc(CC2Cc3ccccc3N2)cn1. The number of benzene rings is 1. The highest BCUT2D eigenvalue weighted by molar-refractivity contribution is 5.56. The number of hydrogen-bond donors (Lipinski definition) is 1. The van der Waals surface area contributed by atoms with Gasteiger partial charge in [0.05, 0.1) is 6.20 Å². The molecule has 1 atom stereocenters. The molecule has 2 heterocycles. The van der Waals surface area contributed by atoms with Gasteiger partial charge in [0.15, 0.2) is 0 Å². The molecule has 1 N–H and O–H groups in total. The minimum atomic E-state index is 0.515. The van der Waals surface area contributed by atoms with E-state index in [9.17, 15) is 0 Å². The van der Waals surface area contributed by atoms with Gasteiger partial charge < -0.3 is 5.32 Å². The average molecular weight is 213 g/mol. The Hall–Kier alpha value is -1.77. The van der Waals surface area contributed by atoms with Crippen LogP contribution in [-0.4, -0.2) is 15.8 Å². The molecule has 0 saturated carbocycles. The monoisotopic (exact) mass is 213 g/mol. The van der Waals surface area contributed by atoms with Crippen LogP contribution in [-0.2, 0) is 19.9 Å². The number of hydrogen-bond acceptors (Lipinski definition) is 2. The van der Waals surface area contributed by atoms with Gasteiger partial charge >= 0.3 is 0 Å². The molecule has 1 aromatic carbocycles. The molecule has 0 spiro atoms. The molecular formula is C13H15N3. The summed E-state index contributed by atoms with van der Waals surface area (Å²) in [6.45, 7) is 0. The van der Waals surface area contributed by atoms with Crippen LogP contribution in [0.1, 0.15) is 11.1 Å². The van der Waals surface area contributed by atoms with E-state index in [-0.39, 0.29) is 0 Å². The lowest BCUT2D eigenvalue weighted by atomic mass is 10.1. The van der Waals surface area contributed by atoms with Crippen LogP contribution in [0.2, 0.25) is 0 Å². The largest absolute Gasteiger partial charge is 0.381 e. The van der Waals surface area contributed by atoms with Gasteiger partial charge in [-0.25, -0.2) is 0 Å². The molecule has 0 bridgehead atoms. The minimum Gasteiger partial charge on any atom is -0.381 e. The second kappa shape index (κ2) is 3.67. The topological polar surface area (TPSA) is 29.9 Å². The van der Waals surface area contributed by atoms with Crippen LogP contribution in [0, 0.1) is 0 Å². The van der Waals surface area contributed by atoms with Crippen LogP contribution in [0.5, 0.6) is 0 Å². The smallest absolute Gasteiger partial charge is 0.0522 e. The maximum Gasteiger partial charge on any atom is 0.0522 e. The van der Waals surface area contributed by atoms with Gasteiger partial charge in [-0.1, -0.05) is 18.2 Å². The molecule has 0 radical (unpaired) electrons. The third kappa shape index (κ3) is 1.69. The Balaban J connectivity index is 1.72. The fourth-order valence-corrected chi connectivity index (χ4v) is 2.36. The number of aryl methyl sites for hydroxylation is 1. The third-order valence-electron chi connectivity index (χ3n) is 3.08. The highest BCUT2D eigenvalue weighted by Crippen LogP contribution is 2.26. The zero-order valence-corrected chi connectivity index (χ0v) is 9.35. The van der Waals surface area contributed by atoms with Gasteiger partial charge in [0.25, 0.3) is 0 Å². The van der Waals surface area contributed by atoms with Crippen molar-refractivity contribution in [1.82, 2.24) is 9.78 Å². The Kier molecular flexibility index (Phi) is 2.17. The van der Waals surface area contributed by atoms with Crippen molar-refractivity contribution in [2.45, 2.75) is 18.9 Å². The van der Waals surface area contributed by atoms with E-state index in [0.29, 0.717) is 6.04 Å². The molecule has 3 nitrogen and oxygen atoms in total. The fraction of sp³-hybridized carbons (Fsp3) is 0.308. The summed E-state index contributed by atoms with van der Waals surface area (Å²) in [4.78, 5) is 0. The maximum atomic E-state index is 4.20. The molecule has 0 saturated heterocycles. The molecule has 1 aliphatic heterocycles. The van der Waals surface area contributed by atoms with Gasteiger partial charge in [-0.2, -0.15) is 5.10 Å². The van der Waals surface area contributed by atoms with E-state index < -0.39 is 0 Å². The van der Waals surface area contributed by atoms with E-state index in [4.69, 9.17) is 0 Å². The molecule has 0 amide bonds. The van der Waals surface area contributed by atoms with Gasteiger partial charge in [0.1, 0.15) is 0 Å². The van der Waals surface area contributed by atoms with Crippen molar-refractivity contribution in [3.63, 3.8) is 0 Å². The number of nitrogens with zero attached hydrogens (tertiary/aromatic N) is 2. The number of para-hydroxylation sites is 1. The van der Waals surface area contributed by atoms with E-state index in [2.05, 4.69) is 40.9 Å². The standard InChI is InChI=1S/C13H15N3/c1-16-9-10(8-14-16)6-12-7-11-4-2-3-5-13(11)15-12/h2-5,8-9,12,15H,6-7H2,1H3. The summed E-state index contributed by atoms with van der Waals surface area (Å²) in [5, 5.41) is 7.75. The Labute approximate surface area is 95.1 Å². The lowest BCUT2D eigenvalue weighted by Crippen LogP contribution is -2.18. The van der Waals surface area contributed by atoms with Crippen molar-refractivity contribution in [2.24, 2.45) is 7.05 Å². The summed E-state index contributed by atoms with van der Waals surface area (Å²) in [7, 11) is 1.96. The van der Waals surface area contributed by atoms with Crippen molar-refractivity contribution in [3.05, 3.63) is 47.8 Å². The predicted molar refractivity (Wildman–Crippen MR) is 64.5 cm³/mol. The fourth-order valence-electron chi connectivity index (χ4n) is 2.36. The lowest BCUT2D eigenvalue weighted by Gasteiger charge is -2.08. The number of anilines is 1. The zero-order chi connectivity index (χ0) is 11.0. The van der Waals surface area contributed by atoms with Gasteiger partial charge in [-0.05, 0) is 30.0 Å². The zero-order valence-electron chi connectivity index (χ0n) is 9.35. The van der Waals surface area contributed by atoms with Crippen LogP contribution in [0.4, 0.5) is 5.69 Å². The molecule has 1 unspecified atom stereocenters. The summed E-state index contributed by atoms with van der Waals surface area (Å²) in [5.74, 6) is 0. The highest BCUT2D eigenvalue weighted by Gasteiger charge is 2.20. The summed E-state index contributed by atoms with van der Waals surface area (Å²) < 4.78 is 1.86. The minimum absolute atomic E-state index is 0.515. The molecule has 3 rings (SSSR count). The van der Waals surface area contributed by atoms with E-state index in [1.54, 1.807) is 0 Å². The summed E-state index contributed by atoms with van der Waals surface area (Å²) in [6.07, 6.45) is 6.20. The predicted octanol–water partition coefficient (Wildman–Crippen LogP) is 2.00. The molecule has 0 aliphatic carbocycles. The van der Waals surface area contributed by atoms with Crippen LogP contribution in [0.15, 0.2) is 36.7 Å². The highest BCUT2D eigenvalue weighted by atomic mass is 15.2. The summed E-state index contributed by atoms with van der Waals surface area (Å²) in [5.41, 5.74) is 4.01. The Bertz CT molecular complexity index is 476. The lowest BCUT2D eigenvalue weighted by molar-refractivity contribution is 0.741. The van der Waals surface area contributed by atoms with Gasteiger partial charge in [0.2, 0.25) is 0 Å². The molecule has 1 aromatic heterocycles. The number of rotatable bonds is 2. The van der Waals surface area contributed by atoms with Gasteiger partial charge in [-0.3, -0.25) is 4.68 Å². The molecule has 2 aromatic rings. The Morgan fingerprint density at radius 2 is 2.31 bits per heavy atom. The van der Waals surface area contributed by atoms with Crippen LogP contribution >= 0.6 is 0 Å². The molecule has 1 aliphatic rings. The molecule has 82 valence electrons. The molecular weight excluding hydrogens is 198 g/mol. The van der Waals surface area contributed by atoms with Crippen molar-refractivity contribution in [1.29, 1.82) is 0 Å². The first-order valence-electron chi connectivity index (χ1n) is 5.63. The Morgan fingerprint density at radius 1 is 1.44 bits per heavy atom. The van der Waals surface area contributed by atoms with Crippen LogP contribution in [0.3, 0.4) is 0 Å². The van der Waals surface area contributed by atoms with Crippen molar-refractivity contribution < 1.29 is 0 Å². The second-order valence-corrected chi connectivity index (χ2v) is 4.43. The van der Waals surface area contributed by atoms with E-state index >= 15 is 0 Å². The first kappa shape index (κ1) is 9.46. The van der Waals surface area contributed by atoms with Crippen LogP contribution in [0.25, 0.3) is 0 Å². The van der Waals surface area contributed by atoms with Gasteiger partial charge in [-0.15, -0.1) is 0 Å². The van der Waals surface area contributed by atoms with Crippen LogP contribution < -0.4 is 5.32 Å². The van der Waals surface area contributed by atoms with E-state index in [1.165, 1.54) is 16.8 Å². The third-order valence-corrected chi connectivity index (χ3v) is 3.08. The second-order valence-electron chi connectivity index (χ2n) is 4.43. The summed E-state index contributed by atoms with van der Waals surface area (Å²) >= 11 is 0. The van der Waals surface area contributed by atoms with E-state index in [0.717, 1.165) is 12.8 Å².